The van der Waals surface area contributed by atoms with Crippen LogP contribution in [0, 0.1) is 0 Å². The highest BCUT2D eigenvalue weighted by Gasteiger charge is 2.52. The average molecular weight is 439 g/mol. The number of thiophene rings is 1. The summed E-state index contributed by atoms with van der Waals surface area (Å²) in [6, 6.07) is 18.4. The predicted octanol–water partition coefficient (Wildman–Crippen LogP) is 4.17. The molecule has 2 heterocycles. The zero-order chi connectivity index (χ0) is 20.8. The van der Waals surface area contributed by atoms with Crippen LogP contribution in [-0.2, 0) is 33.2 Å². The number of nitrogens with zero attached hydrogens (tertiary/aromatic N) is 1. The highest BCUT2D eigenvalue weighted by atomic mass is 32.2. The maximum absolute atomic E-state index is 13.0. The van der Waals surface area contributed by atoms with Gasteiger partial charge in [-0.25, -0.2) is 8.42 Å². The van der Waals surface area contributed by atoms with Gasteiger partial charge in [-0.1, -0.05) is 30.3 Å². The van der Waals surface area contributed by atoms with Gasteiger partial charge in [0.25, 0.3) is 0 Å². The van der Waals surface area contributed by atoms with Crippen molar-refractivity contribution in [3.63, 3.8) is 0 Å². The number of benzene rings is 2. The van der Waals surface area contributed by atoms with E-state index in [1.54, 1.807) is 35.6 Å². The van der Waals surface area contributed by atoms with Gasteiger partial charge in [-0.15, -0.1) is 11.3 Å². The van der Waals surface area contributed by atoms with Gasteiger partial charge in [0.1, 0.15) is 0 Å². The van der Waals surface area contributed by atoms with Gasteiger partial charge in [0.15, 0.2) is 0 Å². The van der Waals surface area contributed by atoms with Crippen LogP contribution in [0.15, 0.2) is 70.9 Å². The van der Waals surface area contributed by atoms with E-state index in [2.05, 4.69) is 5.32 Å². The minimum atomic E-state index is -3.54. The van der Waals surface area contributed by atoms with Crippen molar-refractivity contribution in [3.8, 4) is 0 Å². The summed E-state index contributed by atoms with van der Waals surface area (Å²) in [5, 5.41) is 5.07. The lowest BCUT2D eigenvalue weighted by Crippen LogP contribution is -2.36. The highest BCUT2D eigenvalue weighted by molar-refractivity contribution is 7.89. The Labute approximate surface area is 180 Å². The molecule has 1 fully saturated rings. The summed E-state index contributed by atoms with van der Waals surface area (Å²) in [5.74, 6) is 0.0227. The van der Waals surface area contributed by atoms with Crippen LogP contribution in [0.5, 0.6) is 0 Å². The average Bonchev–Trinajstić information content (AvgIpc) is 3.40. The molecule has 0 radical (unpaired) electrons. The standard InChI is InChI=1S/C23H22N2O3S2/c26-22(23(11-12-23)21-7-4-14-29-21)24-19-9-8-17-10-13-25(16-18(17)15-19)30(27,28)20-5-2-1-3-6-20/h1-9,14-15H,10-13,16H2,(H,24,26). The quantitative estimate of drug-likeness (QED) is 0.650. The molecule has 1 aromatic heterocycles. The van der Waals surface area contributed by atoms with Crippen molar-refractivity contribution >= 4 is 33.0 Å². The van der Waals surface area contributed by atoms with E-state index in [0.717, 1.165) is 34.5 Å². The monoisotopic (exact) mass is 438 g/mol. The minimum Gasteiger partial charge on any atom is -0.325 e. The van der Waals surface area contributed by atoms with Crippen molar-refractivity contribution in [2.24, 2.45) is 0 Å². The zero-order valence-corrected chi connectivity index (χ0v) is 18.0. The molecule has 1 aliphatic carbocycles. The van der Waals surface area contributed by atoms with Crippen molar-refractivity contribution in [2.75, 3.05) is 11.9 Å². The molecule has 3 aromatic rings. The van der Waals surface area contributed by atoms with Crippen molar-refractivity contribution in [1.29, 1.82) is 0 Å². The Morgan fingerprint density at radius 1 is 1.00 bits per heavy atom. The maximum Gasteiger partial charge on any atom is 0.243 e. The first-order chi connectivity index (χ1) is 14.5. The lowest BCUT2D eigenvalue weighted by molar-refractivity contribution is -0.118. The molecule has 1 aliphatic heterocycles. The smallest absolute Gasteiger partial charge is 0.243 e. The Hall–Kier alpha value is -2.48. The Balaban J connectivity index is 1.36. The number of rotatable bonds is 5. The second-order valence-electron chi connectivity index (χ2n) is 7.90. The van der Waals surface area contributed by atoms with Crippen molar-refractivity contribution in [1.82, 2.24) is 4.31 Å². The number of fused-ring (bicyclic) bond motifs is 1. The topological polar surface area (TPSA) is 66.5 Å². The highest BCUT2D eigenvalue weighted by Crippen LogP contribution is 2.50. The van der Waals surface area contributed by atoms with Gasteiger partial charge in [-0.2, -0.15) is 4.31 Å². The summed E-state index contributed by atoms with van der Waals surface area (Å²) < 4.78 is 27.5. The predicted molar refractivity (Wildman–Crippen MR) is 118 cm³/mol. The molecule has 0 saturated heterocycles. The third-order valence-corrected chi connectivity index (χ3v) is 8.93. The summed E-state index contributed by atoms with van der Waals surface area (Å²) in [7, 11) is -3.54. The fraction of sp³-hybridized carbons (Fsp3) is 0.261. The van der Waals surface area contributed by atoms with Crippen molar-refractivity contribution in [2.45, 2.75) is 36.1 Å². The molecule has 154 valence electrons. The van der Waals surface area contributed by atoms with Gasteiger partial charge in [-0.05, 0) is 66.1 Å². The number of hydrogen-bond donors (Lipinski definition) is 1. The molecule has 2 aromatic carbocycles. The van der Waals surface area contributed by atoms with E-state index in [9.17, 15) is 13.2 Å². The molecular weight excluding hydrogens is 416 g/mol. The molecular formula is C23H22N2O3S2. The fourth-order valence-electron chi connectivity index (χ4n) is 4.07. The van der Waals surface area contributed by atoms with Crippen molar-refractivity contribution < 1.29 is 13.2 Å². The van der Waals surface area contributed by atoms with Crippen molar-refractivity contribution in [3.05, 3.63) is 82.0 Å². The molecule has 0 unspecified atom stereocenters. The molecule has 5 rings (SSSR count). The van der Waals surface area contributed by atoms with Crippen LogP contribution in [0.1, 0.15) is 28.8 Å². The molecule has 0 atom stereocenters. The molecule has 0 spiro atoms. The third kappa shape index (κ3) is 3.37. The number of hydrogen-bond acceptors (Lipinski definition) is 4. The van der Waals surface area contributed by atoms with Gasteiger partial charge in [0.2, 0.25) is 15.9 Å². The molecule has 0 bridgehead atoms. The third-order valence-electron chi connectivity index (χ3n) is 6.00. The van der Waals surface area contributed by atoms with Crippen LogP contribution in [0.4, 0.5) is 5.69 Å². The first-order valence-corrected chi connectivity index (χ1v) is 12.3. The summed E-state index contributed by atoms with van der Waals surface area (Å²) in [6.45, 7) is 0.768. The van der Waals surface area contributed by atoms with E-state index < -0.39 is 15.4 Å². The van der Waals surface area contributed by atoms with Crippen LogP contribution in [0.2, 0.25) is 0 Å². The van der Waals surface area contributed by atoms with Gasteiger partial charge >= 0.3 is 0 Å². The number of amides is 1. The first kappa shape index (κ1) is 19.5. The number of nitrogens with one attached hydrogen (secondary N) is 1. The summed E-state index contributed by atoms with van der Waals surface area (Å²) >= 11 is 1.62. The SMILES string of the molecule is O=C(Nc1ccc2c(c1)CN(S(=O)(=O)c1ccccc1)CC2)C1(c2cccs2)CC1. The second-order valence-corrected chi connectivity index (χ2v) is 10.8. The Morgan fingerprint density at radius 2 is 1.80 bits per heavy atom. The summed E-state index contributed by atoms with van der Waals surface area (Å²) in [4.78, 5) is 14.4. The Kier molecular flexibility index (Phi) is 4.76. The molecule has 1 amide bonds. The number of carbonyl (C=O) groups is 1. The largest absolute Gasteiger partial charge is 0.325 e. The molecule has 1 N–H and O–H groups in total. The Morgan fingerprint density at radius 3 is 2.50 bits per heavy atom. The van der Waals surface area contributed by atoms with E-state index in [1.165, 1.54) is 4.31 Å². The van der Waals surface area contributed by atoms with Crippen LogP contribution in [0.25, 0.3) is 0 Å². The first-order valence-electron chi connectivity index (χ1n) is 10.0. The fourth-order valence-corrected chi connectivity index (χ4v) is 6.49. The van der Waals surface area contributed by atoms with Crippen LogP contribution in [-0.4, -0.2) is 25.2 Å². The van der Waals surface area contributed by atoms with E-state index >= 15 is 0 Å². The normalized spacial score (nSPS) is 17.9. The lowest BCUT2D eigenvalue weighted by Gasteiger charge is -2.28. The van der Waals surface area contributed by atoms with E-state index in [1.807, 2.05) is 41.8 Å². The zero-order valence-electron chi connectivity index (χ0n) is 16.4. The number of anilines is 1. The molecule has 2 aliphatic rings. The Bertz CT molecular complexity index is 1180. The molecule has 7 heteroatoms. The molecule has 5 nitrogen and oxygen atoms in total. The summed E-state index contributed by atoms with van der Waals surface area (Å²) in [6.07, 6.45) is 2.40. The van der Waals surface area contributed by atoms with E-state index in [0.29, 0.717) is 24.4 Å². The lowest BCUT2D eigenvalue weighted by atomic mass is 9.99. The molecule has 1 saturated carbocycles. The van der Waals surface area contributed by atoms with E-state index in [4.69, 9.17) is 0 Å². The number of sulfonamides is 1. The minimum absolute atomic E-state index is 0.0227. The van der Waals surface area contributed by atoms with Gasteiger partial charge < -0.3 is 5.32 Å². The van der Waals surface area contributed by atoms with Crippen LogP contribution >= 0.6 is 11.3 Å². The number of carbonyl (C=O) groups excluding carboxylic acids is 1. The van der Waals surface area contributed by atoms with Gasteiger partial charge in [-0.3, -0.25) is 4.79 Å². The maximum atomic E-state index is 13.0. The summed E-state index contributed by atoms with van der Waals surface area (Å²) in [5.41, 5.74) is 2.40. The second kappa shape index (κ2) is 7.34. The van der Waals surface area contributed by atoms with Gasteiger partial charge in [0.05, 0.1) is 10.3 Å². The van der Waals surface area contributed by atoms with Crippen LogP contribution < -0.4 is 5.32 Å². The van der Waals surface area contributed by atoms with Crippen LogP contribution in [0.3, 0.4) is 0 Å². The van der Waals surface area contributed by atoms with E-state index in [-0.39, 0.29) is 5.91 Å². The molecule has 30 heavy (non-hydrogen) atoms. The van der Waals surface area contributed by atoms with Gasteiger partial charge in [0, 0.05) is 23.7 Å².